The molecular formula is C5HB5O10. The van der Waals surface area contributed by atoms with Crippen LogP contribution < -0.4 is 0 Å². The molecular weight excluding hydrogens is 274 g/mol. The fourth-order valence-electron chi connectivity index (χ4n) is 1.88. The van der Waals surface area contributed by atoms with E-state index < -0.39 is 20.7 Å². The van der Waals surface area contributed by atoms with Crippen LogP contribution in [0.3, 0.4) is 0 Å². The molecule has 3 aliphatic rings. The van der Waals surface area contributed by atoms with Crippen molar-refractivity contribution in [3.63, 3.8) is 0 Å². The van der Waals surface area contributed by atoms with Gasteiger partial charge in [0.05, 0.1) is 0 Å². The van der Waals surface area contributed by atoms with Gasteiger partial charge in [0.1, 0.15) is 0 Å². The molecule has 0 N–H and O–H groups in total. The van der Waals surface area contributed by atoms with Gasteiger partial charge in [-0.25, -0.2) is 0 Å². The van der Waals surface area contributed by atoms with Crippen LogP contribution in [-0.4, -0.2) is 42.8 Å². The van der Waals surface area contributed by atoms with Crippen molar-refractivity contribution in [3.8, 4) is 0 Å². The minimum absolute atomic E-state index is 0.00787. The first-order valence-corrected chi connectivity index (χ1v) is 5.21. The Labute approximate surface area is 113 Å². The van der Waals surface area contributed by atoms with E-state index >= 15 is 0 Å². The van der Waals surface area contributed by atoms with Gasteiger partial charge in [0.15, 0.2) is 0 Å². The Balaban J connectivity index is 1.88. The molecule has 2 saturated heterocycles. The summed E-state index contributed by atoms with van der Waals surface area (Å²) in [6.07, 6.45) is -0.952. The predicted octanol–water partition coefficient (Wildman–Crippen LogP) is -2.20. The quantitative estimate of drug-likeness (QED) is 0.494. The molecule has 20 heavy (non-hydrogen) atoms. The van der Waals surface area contributed by atoms with Crippen LogP contribution in [0.25, 0.3) is 0 Å². The molecule has 0 aromatic heterocycles. The van der Waals surface area contributed by atoms with Crippen molar-refractivity contribution in [1.29, 1.82) is 0 Å². The second-order valence-electron chi connectivity index (χ2n) is 3.51. The Kier molecular flexibility index (Phi) is 3.34. The van der Waals surface area contributed by atoms with E-state index in [-0.39, 0.29) is 45.1 Å². The second-order valence-corrected chi connectivity index (χ2v) is 3.51. The van der Waals surface area contributed by atoms with E-state index in [0.29, 0.717) is 0 Å². The van der Waals surface area contributed by atoms with Crippen LogP contribution in [0.1, 0.15) is 0 Å². The van der Waals surface area contributed by atoms with Crippen molar-refractivity contribution in [3.05, 3.63) is 23.0 Å². The Morgan fingerprint density at radius 1 is 0.900 bits per heavy atom. The van der Waals surface area contributed by atoms with Crippen molar-refractivity contribution in [1.82, 2.24) is 0 Å². The number of rotatable bonds is 6. The summed E-state index contributed by atoms with van der Waals surface area (Å²) in [5, 5.41) is 0. The number of hydrogen-bond acceptors (Lipinski definition) is 10. The van der Waals surface area contributed by atoms with E-state index in [1.165, 1.54) is 0 Å². The van der Waals surface area contributed by atoms with Crippen LogP contribution in [-0.2, 0) is 46.5 Å². The van der Waals surface area contributed by atoms with Crippen LogP contribution in [0.5, 0.6) is 0 Å². The topological polar surface area (TPSA) is 116 Å². The average molecular weight is 275 g/mol. The molecule has 1 atom stereocenters. The Morgan fingerprint density at radius 3 is 2.30 bits per heavy atom. The molecule has 2 fully saturated rings. The van der Waals surface area contributed by atoms with Crippen molar-refractivity contribution >= 4 is 36.7 Å². The van der Waals surface area contributed by atoms with Gasteiger partial charge in [-0.3, -0.25) is 0 Å². The fraction of sp³-hybridized carbons (Fsp3) is 0.200. The molecule has 3 rings (SSSR count). The van der Waals surface area contributed by atoms with Crippen LogP contribution in [0, 0.1) is 0 Å². The van der Waals surface area contributed by atoms with Gasteiger partial charge in [-0.2, -0.15) is 0 Å². The minimum atomic E-state index is -1.33. The number of fused-ring (bicyclic) bond motifs is 2. The average Bonchev–Trinajstić information content (AvgIpc) is 3.05. The Hall–Kier alpha value is -2.04. The molecule has 0 bridgehead atoms. The maximum absolute atomic E-state index is 10.5. The predicted molar refractivity (Wildman–Crippen MR) is 56.3 cm³/mol. The summed E-state index contributed by atoms with van der Waals surface area (Å²) in [4.78, 5) is 0. The van der Waals surface area contributed by atoms with Crippen molar-refractivity contribution < 1.29 is 46.5 Å². The normalized spacial score (nSPS) is 21.9. The molecule has 1 aliphatic carbocycles. The molecule has 10 nitrogen and oxygen atoms in total. The van der Waals surface area contributed by atoms with Gasteiger partial charge in [0.2, 0.25) is 0 Å². The summed E-state index contributed by atoms with van der Waals surface area (Å²) >= 11 is 0. The standard InChI is InChI=1S/C5HB5O10/c11-6-14-1-2-4(17-9(15-2)19-7-12)5-3(1)16-10(18-5)20-8-13/h2H. The SMILES string of the molecule is O=BOB1OC2=C(OB=O)C3OB(OB=O)OC3=C2O1. The monoisotopic (exact) mass is 276 g/mol. The van der Waals surface area contributed by atoms with Gasteiger partial charge < -0.3 is 0 Å². The van der Waals surface area contributed by atoms with E-state index in [4.69, 9.17) is 23.3 Å². The first-order valence-electron chi connectivity index (χ1n) is 5.21. The summed E-state index contributed by atoms with van der Waals surface area (Å²) < 4.78 is 65.3. The zero-order chi connectivity index (χ0) is 14.1. The maximum atomic E-state index is 10.5. The van der Waals surface area contributed by atoms with Gasteiger partial charge in [0.25, 0.3) is 0 Å². The van der Waals surface area contributed by atoms with E-state index in [0.717, 1.165) is 0 Å². The number of hydrogen-bond donors (Lipinski definition) is 0. The molecule has 0 aromatic rings. The van der Waals surface area contributed by atoms with Gasteiger partial charge >= 0.3 is 112 Å². The van der Waals surface area contributed by atoms with Crippen LogP contribution in [0.4, 0.5) is 0 Å². The zero-order valence-electron chi connectivity index (χ0n) is 9.55. The van der Waals surface area contributed by atoms with Gasteiger partial charge in [0, 0.05) is 0 Å². The van der Waals surface area contributed by atoms with Crippen LogP contribution in [0.15, 0.2) is 23.0 Å². The molecule has 96 valence electrons. The van der Waals surface area contributed by atoms with Crippen molar-refractivity contribution in [2.75, 3.05) is 0 Å². The van der Waals surface area contributed by atoms with Gasteiger partial charge in [-0.05, 0) is 0 Å². The molecule has 1 unspecified atom stereocenters. The molecule has 0 radical (unpaired) electrons. The van der Waals surface area contributed by atoms with Crippen LogP contribution in [0.2, 0.25) is 0 Å². The Bertz CT molecular complexity index is 530. The molecule has 0 aromatic carbocycles. The van der Waals surface area contributed by atoms with Gasteiger partial charge in [-0.15, -0.1) is 0 Å². The second kappa shape index (κ2) is 5.15. The third-order valence-corrected chi connectivity index (χ3v) is 2.54. The summed E-state index contributed by atoms with van der Waals surface area (Å²) in [6.45, 7) is 0. The van der Waals surface area contributed by atoms with Crippen molar-refractivity contribution in [2.24, 2.45) is 0 Å². The van der Waals surface area contributed by atoms with Crippen molar-refractivity contribution in [2.45, 2.75) is 6.10 Å². The molecule has 0 spiro atoms. The summed E-state index contributed by atoms with van der Waals surface area (Å²) in [7, 11) is -2.23. The molecule has 0 amide bonds. The summed E-state index contributed by atoms with van der Waals surface area (Å²) in [6, 6.07) is 0. The summed E-state index contributed by atoms with van der Waals surface area (Å²) in [5.41, 5.74) is 0. The molecule has 2 aliphatic heterocycles. The molecule has 0 saturated carbocycles. The first-order chi connectivity index (χ1) is 9.78. The zero-order valence-corrected chi connectivity index (χ0v) is 9.55. The first kappa shape index (κ1) is 13.0. The fourth-order valence-corrected chi connectivity index (χ4v) is 1.88. The van der Waals surface area contributed by atoms with E-state index in [1.54, 1.807) is 0 Å². The van der Waals surface area contributed by atoms with E-state index in [1.807, 2.05) is 0 Å². The molecule has 15 heteroatoms. The van der Waals surface area contributed by atoms with E-state index in [2.05, 4.69) is 9.14 Å². The Morgan fingerprint density at radius 2 is 1.60 bits per heavy atom. The van der Waals surface area contributed by atoms with Crippen LogP contribution >= 0.6 is 0 Å². The summed E-state index contributed by atoms with van der Waals surface area (Å²) in [5.74, 6) is 0.0731. The molecule has 2 heterocycles. The third-order valence-electron chi connectivity index (χ3n) is 2.54. The van der Waals surface area contributed by atoms with Gasteiger partial charge in [-0.1, -0.05) is 0 Å². The van der Waals surface area contributed by atoms with E-state index in [9.17, 15) is 14.1 Å². The third kappa shape index (κ3) is 1.94.